The van der Waals surface area contributed by atoms with Crippen LogP contribution in [0.3, 0.4) is 0 Å². The Morgan fingerprint density at radius 2 is 1.11 bits per heavy atom. The molecule has 3 rings (SSSR count). The number of hydrogen-bond acceptors (Lipinski definition) is 0. The maximum atomic E-state index is 9.87. The Hall–Kier alpha value is -1.98. The van der Waals surface area contributed by atoms with Crippen LogP contribution in [0.4, 0.5) is 25.2 Å². The summed E-state index contributed by atoms with van der Waals surface area (Å²) >= 11 is 1.87. The Kier molecular flexibility index (Phi) is 5.68. The molecule has 0 unspecified atom stereocenters. The summed E-state index contributed by atoms with van der Waals surface area (Å²) in [6, 6.07) is 21.7. The van der Waals surface area contributed by atoms with Crippen LogP contribution >= 0.6 is 19.1 Å². The van der Waals surface area contributed by atoms with E-state index in [2.05, 4.69) is 81.4 Å². The first-order valence-electron chi connectivity index (χ1n) is 8.23. The first-order valence-corrected chi connectivity index (χ1v) is 11.1. The standard InChI is InChI=1S/C20H19S.F6P/c1-14-12-18(17-10-5-4-6-11-17)21-19(13-14)20-15(2)8-7-9-16(20)3;1-7(2,3,4,5)6/h4-13H,1-3H3;/q+1;-1. The fourth-order valence-electron chi connectivity index (χ4n) is 2.70. The average Bonchev–Trinajstić information content (AvgIpc) is 2.52. The molecule has 1 aromatic heterocycles. The molecule has 28 heavy (non-hydrogen) atoms. The fraction of sp³-hybridized carbons (Fsp3) is 0.150. The van der Waals surface area contributed by atoms with Gasteiger partial charge in [0.05, 0.1) is 0 Å². The molecule has 0 N–H and O–H groups in total. The van der Waals surface area contributed by atoms with Crippen LogP contribution < -0.4 is 0 Å². The van der Waals surface area contributed by atoms with Crippen molar-refractivity contribution in [3.63, 3.8) is 0 Å². The normalized spacial score (nSPS) is 13.8. The summed E-state index contributed by atoms with van der Waals surface area (Å²) in [6.07, 6.45) is 0. The van der Waals surface area contributed by atoms with Crippen molar-refractivity contribution >= 4 is 19.1 Å². The van der Waals surface area contributed by atoms with Crippen LogP contribution in [-0.4, -0.2) is 0 Å². The van der Waals surface area contributed by atoms with E-state index in [1.54, 1.807) is 0 Å². The van der Waals surface area contributed by atoms with Crippen molar-refractivity contribution in [2.24, 2.45) is 0 Å². The molecule has 0 aliphatic heterocycles. The predicted molar refractivity (Wildman–Crippen MR) is 107 cm³/mol. The van der Waals surface area contributed by atoms with Gasteiger partial charge in [-0.15, -0.1) is 0 Å². The molecule has 0 saturated heterocycles. The van der Waals surface area contributed by atoms with Crippen molar-refractivity contribution in [1.82, 2.24) is 0 Å². The zero-order chi connectivity index (χ0) is 21.2. The molecule has 0 radical (unpaired) electrons. The van der Waals surface area contributed by atoms with E-state index >= 15 is 0 Å². The van der Waals surface area contributed by atoms with Crippen LogP contribution in [0.2, 0.25) is 0 Å². The predicted octanol–water partition coefficient (Wildman–Crippen LogP) is 9.67. The van der Waals surface area contributed by atoms with Crippen molar-refractivity contribution in [2.45, 2.75) is 20.8 Å². The Bertz CT molecular complexity index is 952. The zero-order valence-electron chi connectivity index (χ0n) is 15.4. The molecular weight excluding hydrogens is 417 g/mol. The first-order chi connectivity index (χ1) is 12.6. The van der Waals surface area contributed by atoms with Crippen molar-refractivity contribution < 1.29 is 25.2 Å². The van der Waals surface area contributed by atoms with E-state index < -0.39 is 7.81 Å². The molecule has 1 heterocycles. The zero-order valence-corrected chi connectivity index (χ0v) is 17.1. The summed E-state index contributed by atoms with van der Waals surface area (Å²) < 4.78 is 59.2. The third-order valence-electron chi connectivity index (χ3n) is 3.72. The number of rotatable bonds is 2. The van der Waals surface area contributed by atoms with Gasteiger partial charge in [0.25, 0.3) is 0 Å². The summed E-state index contributed by atoms with van der Waals surface area (Å²) in [4.78, 5) is 2.68. The van der Waals surface area contributed by atoms with Gasteiger partial charge in [0.2, 0.25) is 21.1 Å². The van der Waals surface area contributed by atoms with Gasteiger partial charge in [0.1, 0.15) is 0 Å². The second-order valence-corrected chi connectivity index (χ2v) is 9.45. The summed E-state index contributed by atoms with van der Waals surface area (Å²) in [5.74, 6) is 0. The quantitative estimate of drug-likeness (QED) is 0.213. The average molecular weight is 436 g/mol. The molecule has 0 amide bonds. The number of aryl methyl sites for hydroxylation is 3. The van der Waals surface area contributed by atoms with Crippen LogP contribution in [-0.2, 0) is 0 Å². The molecule has 2 aromatic carbocycles. The van der Waals surface area contributed by atoms with Gasteiger partial charge in [-0.3, -0.25) is 0 Å². The first kappa shape index (κ1) is 22.3. The van der Waals surface area contributed by atoms with Crippen LogP contribution in [0, 0.1) is 20.8 Å². The molecule has 0 atom stereocenters. The fourth-order valence-corrected chi connectivity index (χ4v) is 4.11. The van der Waals surface area contributed by atoms with Crippen LogP contribution in [0.1, 0.15) is 16.7 Å². The van der Waals surface area contributed by atoms with Crippen LogP contribution in [0.5, 0.6) is 0 Å². The second kappa shape index (κ2) is 7.12. The van der Waals surface area contributed by atoms with E-state index in [9.17, 15) is 25.2 Å². The molecular formula is C20H19F6PS. The second-order valence-electron chi connectivity index (χ2n) is 6.45. The van der Waals surface area contributed by atoms with Gasteiger partial charge in [0.15, 0.2) is 0 Å². The number of halogens is 6. The minimum absolute atomic E-state index is 1.29. The van der Waals surface area contributed by atoms with Gasteiger partial charge in [0, 0.05) is 23.3 Å². The molecule has 0 fully saturated rings. The molecule has 0 saturated carbocycles. The van der Waals surface area contributed by atoms with E-state index in [-0.39, 0.29) is 0 Å². The Morgan fingerprint density at radius 1 is 0.643 bits per heavy atom. The summed E-state index contributed by atoms with van der Waals surface area (Å²) in [5.41, 5.74) is 6.67. The Labute approximate surface area is 163 Å². The number of hydrogen-bond donors (Lipinski definition) is 0. The van der Waals surface area contributed by atoms with Gasteiger partial charge in [-0.2, -0.15) is 0 Å². The molecule has 0 aliphatic carbocycles. The molecule has 0 bridgehead atoms. The molecule has 0 aliphatic rings. The minimum atomic E-state index is -10.7. The Morgan fingerprint density at radius 3 is 1.61 bits per heavy atom. The molecule has 8 heteroatoms. The van der Waals surface area contributed by atoms with E-state index in [0.29, 0.717) is 0 Å². The van der Waals surface area contributed by atoms with Gasteiger partial charge < -0.3 is 0 Å². The van der Waals surface area contributed by atoms with E-state index in [4.69, 9.17) is 0 Å². The van der Waals surface area contributed by atoms with Crippen molar-refractivity contribution in [3.05, 3.63) is 77.4 Å². The van der Waals surface area contributed by atoms with Crippen LogP contribution in [0.25, 0.3) is 20.9 Å². The molecule has 0 nitrogen and oxygen atoms in total. The summed E-state index contributed by atoms with van der Waals surface area (Å²) in [6.45, 7) is 6.56. The maximum absolute atomic E-state index is 10.7. The van der Waals surface area contributed by atoms with Gasteiger partial charge in [-0.1, -0.05) is 36.4 Å². The van der Waals surface area contributed by atoms with E-state index in [0.717, 1.165) is 0 Å². The third-order valence-corrected chi connectivity index (χ3v) is 4.84. The van der Waals surface area contributed by atoms with Gasteiger partial charge >= 0.3 is 33.0 Å². The van der Waals surface area contributed by atoms with Crippen LogP contribution in [0.15, 0.2) is 60.7 Å². The topological polar surface area (TPSA) is 0 Å². The summed E-state index contributed by atoms with van der Waals surface area (Å²) in [5, 5.41) is 0. The molecule has 0 spiro atoms. The van der Waals surface area contributed by atoms with Crippen molar-refractivity contribution in [2.75, 3.05) is 0 Å². The van der Waals surface area contributed by atoms with Gasteiger partial charge in [-0.25, -0.2) is 0 Å². The Balaban J connectivity index is 0.000000345. The van der Waals surface area contributed by atoms with Crippen molar-refractivity contribution in [3.8, 4) is 20.9 Å². The van der Waals surface area contributed by atoms with Crippen molar-refractivity contribution in [1.29, 1.82) is 0 Å². The van der Waals surface area contributed by atoms with Gasteiger partial charge in [-0.05, 0) is 49.6 Å². The molecule has 3 aromatic rings. The number of benzene rings is 2. The monoisotopic (exact) mass is 436 g/mol. The van der Waals surface area contributed by atoms with E-state index in [1.807, 2.05) is 11.3 Å². The molecule has 152 valence electrons. The third kappa shape index (κ3) is 7.95. The van der Waals surface area contributed by atoms with E-state index in [1.165, 1.54) is 37.6 Å². The SMILES string of the molecule is Cc1cc(-c2ccccc2)[s+]c(-c2c(C)cccc2C)c1.F[P-](F)(F)(F)(F)F. The summed E-state index contributed by atoms with van der Waals surface area (Å²) in [7, 11) is -10.7.